The third kappa shape index (κ3) is 3.84. The van der Waals surface area contributed by atoms with E-state index in [2.05, 4.69) is 27.9 Å². The number of amides is 2. The van der Waals surface area contributed by atoms with Crippen molar-refractivity contribution in [2.75, 3.05) is 30.0 Å². The Hall–Kier alpha value is -2.00. The van der Waals surface area contributed by atoms with Gasteiger partial charge in [0.2, 0.25) is 11.8 Å². The Kier molecular flexibility index (Phi) is 5.14. The molecule has 2 aromatic carbocycles. The molecule has 1 N–H and O–H groups in total. The van der Waals surface area contributed by atoms with E-state index in [9.17, 15) is 9.59 Å². The van der Waals surface area contributed by atoms with Gasteiger partial charge < -0.3 is 19.7 Å². The Morgan fingerprint density at radius 3 is 2.70 bits per heavy atom. The second-order valence-electron chi connectivity index (χ2n) is 6.35. The van der Waals surface area contributed by atoms with Gasteiger partial charge in [0.1, 0.15) is 13.2 Å². The van der Waals surface area contributed by atoms with E-state index in [1.807, 2.05) is 12.1 Å². The number of fused-ring (bicyclic) bond motifs is 1. The van der Waals surface area contributed by atoms with Crippen LogP contribution in [0.2, 0.25) is 5.02 Å². The lowest BCUT2D eigenvalue weighted by Gasteiger charge is -2.22. The maximum absolute atomic E-state index is 12.6. The average molecular weight is 499 g/mol. The summed E-state index contributed by atoms with van der Waals surface area (Å²) in [6.45, 7) is 1.30. The lowest BCUT2D eigenvalue weighted by molar-refractivity contribution is -0.122. The molecule has 0 radical (unpaired) electrons. The SMILES string of the molecule is O=C(Nc1ccc(I)cc1Cl)C1CC(=O)N(c2ccc3c(c2)OCCO3)C1. The number of benzene rings is 2. The number of carbonyl (C=O) groups is 2. The van der Waals surface area contributed by atoms with Gasteiger partial charge in [-0.2, -0.15) is 0 Å². The van der Waals surface area contributed by atoms with Gasteiger partial charge in [-0.05, 0) is 52.9 Å². The fourth-order valence-corrected chi connectivity index (χ4v) is 4.06. The lowest BCUT2D eigenvalue weighted by atomic mass is 10.1. The molecule has 2 heterocycles. The zero-order valence-electron chi connectivity index (χ0n) is 14.2. The summed E-state index contributed by atoms with van der Waals surface area (Å²) >= 11 is 8.33. The molecular weight excluding hydrogens is 483 g/mol. The molecule has 1 saturated heterocycles. The fourth-order valence-electron chi connectivity index (χ4n) is 3.16. The smallest absolute Gasteiger partial charge is 0.229 e. The number of carbonyl (C=O) groups excluding carboxylic acids is 2. The topological polar surface area (TPSA) is 67.9 Å². The van der Waals surface area contributed by atoms with Gasteiger partial charge in [-0.1, -0.05) is 11.6 Å². The van der Waals surface area contributed by atoms with E-state index in [1.165, 1.54) is 0 Å². The zero-order chi connectivity index (χ0) is 19.0. The molecule has 1 atom stereocenters. The van der Waals surface area contributed by atoms with Crippen molar-refractivity contribution in [2.24, 2.45) is 5.92 Å². The zero-order valence-corrected chi connectivity index (χ0v) is 17.1. The van der Waals surface area contributed by atoms with Crippen molar-refractivity contribution in [2.45, 2.75) is 6.42 Å². The Morgan fingerprint density at radius 2 is 1.93 bits per heavy atom. The summed E-state index contributed by atoms with van der Waals surface area (Å²) in [7, 11) is 0. The van der Waals surface area contributed by atoms with E-state index in [-0.39, 0.29) is 18.2 Å². The molecular formula is C19H16ClIN2O4. The predicted molar refractivity (Wildman–Crippen MR) is 111 cm³/mol. The van der Waals surface area contributed by atoms with Crippen molar-refractivity contribution < 1.29 is 19.1 Å². The monoisotopic (exact) mass is 498 g/mol. The number of hydrogen-bond acceptors (Lipinski definition) is 4. The molecule has 2 aromatic rings. The summed E-state index contributed by atoms with van der Waals surface area (Å²) in [6.07, 6.45) is 0.155. The van der Waals surface area contributed by atoms with Crippen molar-refractivity contribution in [1.29, 1.82) is 0 Å². The summed E-state index contributed by atoms with van der Waals surface area (Å²) in [5, 5.41) is 3.30. The van der Waals surface area contributed by atoms with E-state index < -0.39 is 5.92 Å². The lowest BCUT2D eigenvalue weighted by Crippen LogP contribution is -2.28. The summed E-state index contributed by atoms with van der Waals surface area (Å²) in [4.78, 5) is 26.7. The van der Waals surface area contributed by atoms with Gasteiger partial charge in [-0.3, -0.25) is 9.59 Å². The van der Waals surface area contributed by atoms with E-state index >= 15 is 0 Å². The van der Waals surface area contributed by atoms with E-state index in [0.29, 0.717) is 47.7 Å². The van der Waals surface area contributed by atoms with Gasteiger partial charge in [0.15, 0.2) is 11.5 Å². The minimum absolute atomic E-state index is 0.0967. The van der Waals surface area contributed by atoms with Crippen LogP contribution in [0.5, 0.6) is 11.5 Å². The molecule has 0 aromatic heterocycles. The molecule has 0 bridgehead atoms. The van der Waals surface area contributed by atoms with Gasteiger partial charge in [0.05, 0.1) is 16.6 Å². The Labute approximate surface area is 174 Å². The molecule has 4 rings (SSSR count). The third-order valence-corrected chi connectivity index (χ3v) is 5.51. The molecule has 2 aliphatic rings. The van der Waals surface area contributed by atoms with Crippen LogP contribution in [0, 0.1) is 9.49 Å². The predicted octanol–water partition coefficient (Wildman–Crippen LogP) is 3.71. The third-order valence-electron chi connectivity index (χ3n) is 4.52. The fraction of sp³-hybridized carbons (Fsp3) is 0.263. The maximum atomic E-state index is 12.6. The van der Waals surface area contributed by atoms with Crippen molar-refractivity contribution in [3.05, 3.63) is 45.0 Å². The minimum Gasteiger partial charge on any atom is -0.486 e. The first-order chi connectivity index (χ1) is 13.0. The number of nitrogens with one attached hydrogen (secondary N) is 1. The van der Waals surface area contributed by atoms with Crippen LogP contribution >= 0.6 is 34.2 Å². The molecule has 1 unspecified atom stereocenters. The Bertz CT molecular complexity index is 921. The van der Waals surface area contributed by atoms with Crippen LogP contribution in [0.15, 0.2) is 36.4 Å². The molecule has 0 spiro atoms. The molecule has 0 aliphatic carbocycles. The maximum Gasteiger partial charge on any atom is 0.229 e. The van der Waals surface area contributed by atoms with Crippen LogP contribution in [0.1, 0.15) is 6.42 Å². The van der Waals surface area contributed by atoms with Crippen molar-refractivity contribution >= 4 is 57.4 Å². The largest absolute Gasteiger partial charge is 0.486 e. The van der Waals surface area contributed by atoms with Gasteiger partial charge >= 0.3 is 0 Å². The molecule has 27 heavy (non-hydrogen) atoms. The van der Waals surface area contributed by atoms with Gasteiger partial charge in [0, 0.05) is 28.3 Å². The van der Waals surface area contributed by atoms with E-state index in [0.717, 1.165) is 3.57 Å². The van der Waals surface area contributed by atoms with Crippen LogP contribution in [0.3, 0.4) is 0 Å². The first kappa shape index (κ1) is 18.4. The number of hydrogen-bond donors (Lipinski definition) is 1. The standard InChI is InChI=1S/C19H16ClIN2O4/c20-14-8-12(21)1-3-15(14)22-19(25)11-7-18(24)23(10-11)13-2-4-16-17(9-13)27-6-5-26-16/h1-4,8-9,11H,5-7,10H2,(H,22,25). The van der Waals surface area contributed by atoms with Crippen molar-refractivity contribution in [3.8, 4) is 11.5 Å². The van der Waals surface area contributed by atoms with E-state index in [4.69, 9.17) is 21.1 Å². The molecule has 140 valence electrons. The Morgan fingerprint density at radius 1 is 1.15 bits per heavy atom. The van der Waals surface area contributed by atoms with Crippen LogP contribution in [0.4, 0.5) is 11.4 Å². The summed E-state index contributed by atoms with van der Waals surface area (Å²) < 4.78 is 12.1. The highest BCUT2D eigenvalue weighted by Crippen LogP contribution is 2.36. The van der Waals surface area contributed by atoms with Gasteiger partial charge in [-0.25, -0.2) is 0 Å². The van der Waals surface area contributed by atoms with Gasteiger partial charge in [-0.15, -0.1) is 0 Å². The molecule has 2 amide bonds. The first-order valence-corrected chi connectivity index (χ1v) is 9.93. The van der Waals surface area contributed by atoms with Crippen LogP contribution in [-0.4, -0.2) is 31.6 Å². The number of halogens is 2. The normalized spacial score (nSPS) is 18.5. The second-order valence-corrected chi connectivity index (χ2v) is 8.00. The minimum atomic E-state index is -0.443. The summed E-state index contributed by atoms with van der Waals surface area (Å²) in [5.74, 6) is 0.525. The summed E-state index contributed by atoms with van der Waals surface area (Å²) in [6, 6.07) is 10.8. The quantitative estimate of drug-likeness (QED) is 0.655. The number of rotatable bonds is 3. The Balaban J connectivity index is 1.48. The summed E-state index contributed by atoms with van der Waals surface area (Å²) in [5.41, 5.74) is 1.25. The molecule has 0 saturated carbocycles. The van der Waals surface area contributed by atoms with Crippen molar-refractivity contribution in [1.82, 2.24) is 0 Å². The average Bonchev–Trinajstić information content (AvgIpc) is 3.05. The highest BCUT2D eigenvalue weighted by molar-refractivity contribution is 14.1. The van der Waals surface area contributed by atoms with Crippen LogP contribution in [-0.2, 0) is 9.59 Å². The number of anilines is 2. The van der Waals surface area contributed by atoms with E-state index in [1.54, 1.807) is 29.2 Å². The number of ether oxygens (including phenoxy) is 2. The highest BCUT2D eigenvalue weighted by Gasteiger charge is 2.35. The highest BCUT2D eigenvalue weighted by atomic mass is 127. The van der Waals surface area contributed by atoms with Gasteiger partial charge in [0.25, 0.3) is 0 Å². The second kappa shape index (κ2) is 7.55. The molecule has 1 fully saturated rings. The molecule has 2 aliphatic heterocycles. The van der Waals surface area contributed by atoms with Crippen LogP contribution < -0.4 is 19.7 Å². The van der Waals surface area contributed by atoms with Crippen molar-refractivity contribution in [3.63, 3.8) is 0 Å². The first-order valence-electron chi connectivity index (χ1n) is 8.47. The molecule has 8 heteroatoms. The number of nitrogens with zero attached hydrogens (tertiary/aromatic N) is 1. The molecule has 6 nitrogen and oxygen atoms in total. The van der Waals surface area contributed by atoms with Crippen LogP contribution in [0.25, 0.3) is 0 Å².